The van der Waals surface area contributed by atoms with E-state index in [1.165, 1.54) is 0 Å². The molecule has 6 nitrogen and oxygen atoms in total. The van der Waals surface area contributed by atoms with Gasteiger partial charge in [0, 0.05) is 6.54 Å². The van der Waals surface area contributed by atoms with Crippen molar-refractivity contribution >= 4 is 15.7 Å². The third-order valence-electron chi connectivity index (χ3n) is 4.17. The van der Waals surface area contributed by atoms with E-state index in [0.29, 0.717) is 13.2 Å². The smallest absolute Gasteiger partial charge is 0.240 e. The molecule has 0 bridgehead atoms. The Hall–Kier alpha value is -2.22. The van der Waals surface area contributed by atoms with Crippen LogP contribution in [0.25, 0.3) is 0 Å². The van der Waals surface area contributed by atoms with Crippen LogP contribution in [0.5, 0.6) is 0 Å². The van der Waals surface area contributed by atoms with Gasteiger partial charge in [-0.1, -0.05) is 42.5 Å². The van der Waals surface area contributed by atoms with Crippen LogP contribution in [0, 0.1) is 0 Å². The second-order valence-electron chi connectivity index (χ2n) is 6.09. The number of ether oxygens (including phenoxy) is 1. The maximum Gasteiger partial charge on any atom is 0.240 e. The van der Waals surface area contributed by atoms with E-state index < -0.39 is 10.0 Å². The van der Waals surface area contributed by atoms with Crippen molar-refractivity contribution in [1.29, 1.82) is 0 Å². The van der Waals surface area contributed by atoms with E-state index in [1.807, 2.05) is 42.3 Å². The minimum Gasteiger partial charge on any atom is -0.378 e. The Kier molecular flexibility index (Phi) is 6.03. The van der Waals surface area contributed by atoms with Crippen molar-refractivity contribution in [3.05, 3.63) is 65.7 Å². The van der Waals surface area contributed by atoms with Crippen molar-refractivity contribution in [1.82, 2.24) is 9.73 Å². The molecular weight excluding hydrogens is 350 g/mol. The molecule has 1 aliphatic heterocycles. The van der Waals surface area contributed by atoms with Gasteiger partial charge in [-0.05, 0) is 30.2 Å². The van der Waals surface area contributed by atoms with Crippen LogP contribution in [0.2, 0.25) is 0 Å². The summed E-state index contributed by atoms with van der Waals surface area (Å²) in [5, 5.41) is 6.56. The minimum atomic E-state index is -3.54. The van der Waals surface area contributed by atoms with Crippen molar-refractivity contribution < 1.29 is 13.2 Å². The lowest BCUT2D eigenvalue weighted by molar-refractivity contribution is 0.0393. The van der Waals surface area contributed by atoms with E-state index >= 15 is 0 Å². The van der Waals surface area contributed by atoms with Gasteiger partial charge >= 0.3 is 0 Å². The third kappa shape index (κ3) is 4.91. The lowest BCUT2D eigenvalue weighted by atomic mass is 10.1. The van der Waals surface area contributed by atoms with Gasteiger partial charge in [0.05, 0.1) is 36.9 Å². The summed E-state index contributed by atoms with van der Waals surface area (Å²) in [5.41, 5.74) is 2.67. The highest BCUT2D eigenvalue weighted by molar-refractivity contribution is 7.89. The highest BCUT2D eigenvalue weighted by Crippen LogP contribution is 2.13. The topological polar surface area (TPSA) is 71.0 Å². The Morgan fingerprint density at radius 3 is 2.38 bits per heavy atom. The van der Waals surface area contributed by atoms with Crippen molar-refractivity contribution in [2.24, 2.45) is 5.10 Å². The Morgan fingerprint density at radius 1 is 1.08 bits per heavy atom. The fourth-order valence-corrected chi connectivity index (χ4v) is 3.67. The molecule has 3 rings (SSSR count). The number of morpholine rings is 1. The maximum atomic E-state index is 12.4. The highest BCUT2D eigenvalue weighted by Gasteiger charge is 2.14. The lowest BCUT2D eigenvalue weighted by Gasteiger charge is -2.24. The average Bonchev–Trinajstić information content (AvgIpc) is 2.68. The van der Waals surface area contributed by atoms with Crippen molar-refractivity contribution in [2.75, 3.05) is 26.3 Å². The Bertz CT molecular complexity index is 843. The SMILES string of the molecule is C/C(=N/N1CCOCC1)c1ccc(S(=O)(=O)NCc2ccccc2)cc1. The molecule has 0 radical (unpaired) electrons. The first-order valence-electron chi connectivity index (χ1n) is 8.56. The minimum absolute atomic E-state index is 0.247. The van der Waals surface area contributed by atoms with E-state index in [1.54, 1.807) is 24.3 Å². The second-order valence-corrected chi connectivity index (χ2v) is 7.85. The quantitative estimate of drug-likeness (QED) is 0.788. The largest absolute Gasteiger partial charge is 0.378 e. The molecule has 138 valence electrons. The van der Waals surface area contributed by atoms with E-state index in [2.05, 4.69) is 9.82 Å². The van der Waals surface area contributed by atoms with Crippen molar-refractivity contribution in [3.8, 4) is 0 Å². The van der Waals surface area contributed by atoms with E-state index in [9.17, 15) is 8.42 Å². The van der Waals surface area contributed by atoms with Crippen molar-refractivity contribution in [3.63, 3.8) is 0 Å². The predicted molar refractivity (Wildman–Crippen MR) is 102 cm³/mol. The fraction of sp³-hybridized carbons (Fsp3) is 0.316. The molecule has 1 saturated heterocycles. The zero-order chi connectivity index (χ0) is 18.4. The van der Waals surface area contributed by atoms with Crippen LogP contribution in [-0.4, -0.2) is 45.4 Å². The van der Waals surface area contributed by atoms with Gasteiger partial charge in [0.2, 0.25) is 10.0 Å². The van der Waals surface area contributed by atoms with Crippen LogP contribution < -0.4 is 4.72 Å². The molecule has 0 aliphatic carbocycles. The molecule has 26 heavy (non-hydrogen) atoms. The average molecular weight is 373 g/mol. The van der Waals surface area contributed by atoms with E-state index in [-0.39, 0.29) is 11.4 Å². The highest BCUT2D eigenvalue weighted by atomic mass is 32.2. The van der Waals surface area contributed by atoms with Gasteiger partial charge in [0.1, 0.15) is 0 Å². The Balaban J connectivity index is 1.66. The number of hydrogen-bond donors (Lipinski definition) is 1. The molecule has 0 amide bonds. The molecule has 0 unspecified atom stereocenters. The number of hydrogen-bond acceptors (Lipinski definition) is 5. The van der Waals surface area contributed by atoms with E-state index in [4.69, 9.17) is 4.74 Å². The zero-order valence-corrected chi connectivity index (χ0v) is 15.6. The lowest BCUT2D eigenvalue weighted by Crippen LogP contribution is -2.33. The number of benzene rings is 2. The third-order valence-corrected chi connectivity index (χ3v) is 5.59. The molecule has 0 aromatic heterocycles. The number of rotatable bonds is 6. The zero-order valence-electron chi connectivity index (χ0n) is 14.8. The maximum absolute atomic E-state index is 12.4. The van der Waals surface area contributed by atoms with Gasteiger partial charge < -0.3 is 4.74 Å². The van der Waals surface area contributed by atoms with Crippen LogP contribution in [0.15, 0.2) is 64.6 Å². The molecule has 7 heteroatoms. The van der Waals surface area contributed by atoms with Crippen LogP contribution in [0.1, 0.15) is 18.1 Å². The van der Waals surface area contributed by atoms with Gasteiger partial charge in [-0.15, -0.1) is 0 Å². The van der Waals surface area contributed by atoms with Gasteiger partial charge in [-0.25, -0.2) is 13.1 Å². The number of nitrogens with one attached hydrogen (secondary N) is 1. The Morgan fingerprint density at radius 2 is 1.73 bits per heavy atom. The first kappa shape index (κ1) is 18.6. The molecular formula is C19H23N3O3S. The first-order chi connectivity index (χ1) is 12.5. The summed E-state index contributed by atoms with van der Waals surface area (Å²) in [5.74, 6) is 0. The summed E-state index contributed by atoms with van der Waals surface area (Å²) in [6.45, 7) is 5.09. The summed E-state index contributed by atoms with van der Waals surface area (Å²) < 4.78 is 32.8. The van der Waals surface area contributed by atoms with Gasteiger partial charge in [0.25, 0.3) is 0 Å². The van der Waals surface area contributed by atoms with Gasteiger partial charge in [0.15, 0.2) is 0 Å². The van der Waals surface area contributed by atoms with Crippen LogP contribution in [0.3, 0.4) is 0 Å². The molecule has 1 heterocycles. The molecule has 2 aromatic rings. The van der Waals surface area contributed by atoms with Crippen LogP contribution >= 0.6 is 0 Å². The first-order valence-corrected chi connectivity index (χ1v) is 10.0. The Labute approximate surface area is 154 Å². The predicted octanol–water partition coefficient (Wildman–Crippen LogP) is 2.22. The molecule has 0 saturated carbocycles. The summed E-state index contributed by atoms with van der Waals surface area (Å²) in [6.07, 6.45) is 0. The van der Waals surface area contributed by atoms with Crippen LogP contribution in [-0.2, 0) is 21.3 Å². The molecule has 0 atom stereocenters. The standard InChI is InChI=1S/C19H23N3O3S/c1-16(21-22-11-13-25-14-12-22)18-7-9-19(10-8-18)26(23,24)20-15-17-5-3-2-4-6-17/h2-10,20H,11-15H2,1H3/b21-16-. The fourth-order valence-electron chi connectivity index (χ4n) is 2.66. The monoisotopic (exact) mass is 373 g/mol. The molecule has 0 spiro atoms. The molecule has 1 fully saturated rings. The summed E-state index contributed by atoms with van der Waals surface area (Å²) in [4.78, 5) is 0.247. The summed E-state index contributed by atoms with van der Waals surface area (Å²) in [6, 6.07) is 16.2. The van der Waals surface area contributed by atoms with Gasteiger partial charge in [-0.2, -0.15) is 5.10 Å². The second kappa shape index (κ2) is 8.44. The van der Waals surface area contributed by atoms with Gasteiger partial charge in [-0.3, -0.25) is 5.01 Å². The van der Waals surface area contributed by atoms with E-state index in [0.717, 1.165) is 29.9 Å². The normalized spacial score (nSPS) is 15.9. The number of sulfonamides is 1. The number of nitrogens with zero attached hydrogens (tertiary/aromatic N) is 2. The molecule has 2 aromatic carbocycles. The van der Waals surface area contributed by atoms with Crippen molar-refractivity contribution in [2.45, 2.75) is 18.4 Å². The number of hydrazone groups is 1. The summed E-state index contributed by atoms with van der Waals surface area (Å²) >= 11 is 0. The van der Waals surface area contributed by atoms with Crippen LogP contribution in [0.4, 0.5) is 0 Å². The summed E-state index contributed by atoms with van der Waals surface area (Å²) in [7, 11) is -3.54. The molecule has 1 N–H and O–H groups in total. The molecule has 1 aliphatic rings.